The van der Waals surface area contributed by atoms with Gasteiger partial charge in [0.2, 0.25) is 0 Å². The molecule has 25 heavy (non-hydrogen) atoms. The van der Waals surface area contributed by atoms with Crippen molar-refractivity contribution in [3.8, 4) is 16.3 Å². The number of hydrogen-bond acceptors (Lipinski definition) is 5. The first kappa shape index (κ1) is 17.6. The fourth-order valence-electron chi connectivity index (χ4n) is 2.26. The molecule has 3 rings (SSSR count). The average Bonchev–Trinajstić information content (AvgIpc) is 3.10. The van der Waals surface area contributed by atoms with Gasteiger partial charge in [-0.3, -0.25) is 0 Å². The minimum absolute atomic E-state index is 0.448. The Hall–Kier alpha value is -2.18. The highest BCUT2D eigenvalue weighted by Crippen LogP contribution is 2.36. The zero-order valence-electron chi connectivity index (χ0n) is 13.4. The van der Waals surface area contributed by atoms with Crippen molar-refractivity contribution in [1.29, 1.82) is 0 Å². The molecule has 0 aliphatic rings. The van der Waals surface area contributed by atoms with Gasteiger partial charge >= 0.3 is 0 Å². The second kappa shape index (κ2) is 7.80. The molecule has 0 N–H and O–H groups in total. The number of aliphatic carboxylic acids is 1. The Morgan fingerprint density at radius 3 is 2.76 bits per heavy atom. The van der Waals surface area contributed by atoms with Gasteiger partial charge in [-0.15, -0.1) is 11.3 Å². The number of hydrogen-bond donors (Lipinski definition) is 0. The number of carboxylic acids is 1. The first-order chi connectivity index (χ1) is 12.0. The molecule has 0 aliphatic heterocycles. The molecule has 1 unspecified atom stereocenters. The van der Waals surface area contributed by atoms with Crippen LogP contribution in [0, 0.1) is 0 Å². The third kappa shape index (κ3) is 4.27. The first-order valence-electron chi connectivity index (χ1n) is 7.67. The van der Waals surface area contributed by atoms with E-state index in [9.17, 15) is 9.90 Å². The highest BCUT2D eigenvalue weighted by molar-refractivity contribution is 9.10. The Labute approximate surface area is 158 Å². The summed E-state index contributed by atoms with van der Waals surface area (Å²) in [5.74, 6) is -1.17. The van der Waals surface area contributed by atoms with E-state index in [4.69, 9.17) is 4.74 Å². The molecule has 1 atom stereocenters. The SMILES string of the molecule is CC(C(=O)[O-])c1csc(-c2cc(Br)ccc2OCc2ccccc2)n1. The highest BCUT2D eigenvalue weighted by atomic mass is 79.9. The van der Waals surface area contributed by atoms with Crippen LogP contribution in [0.5, 0.6) is 5.75 Å². The molecule has 4 nitrogen and oxygen atoms in total. The number of thiazole rings is 1. The minimum Gasteiger partial charge on any atom is -0.549 e. The molecule has 0 amide bonds. The maximum absolute atomic E-state index is 11.0. The van der Waals surface area contributed by atoms with Gasteiger partial charge in [0.05, 0.1) is 17.2 Å². The van der Waals surface area contributed by atoms with Crippen molar-refractivity contribution in [1.82, 2.24) is 4.98 Å². The van der Waals surface area contributed by atoms with Crippen LogP contribution in [0.1, 0.15) is 24.1 Å². The number of rotatable bonds is 6. The van der Waals surface area contributed by atoms with Gasteiger partial charge in [-0.1, -0.05) is 53.2 Å². The van der Waals surface area contributed by atoms with Crippen molar-refractivity contribution >= 4 is 33.2 Å². The number of carbonyl (C=O) groups excluding carboxylic acids is 1. The summed E-state index contributed by atoms with van der Waals surface area (Å²) in [6, 6.07) is 15.6. The van der Waals surface area contributed by atoms with E-state index in [1.54, 1.807) is 12.3 Å². The van der Waals surface area contributed by atoms with Crippen molar-refractivity contribution in [3.05, 3.63) is 69.6 Å². The fourth-order valence-corrected chi connectivity index (χ4v) is 3.55. The maximum Gasteiger partial charge on any atom is 0.130 e. The average molecular weight is 417 g/mol. The fraction of sp³-hybridized carbons (Fsp3) is 0.158. The van der Waals surface area contributed by atoms with E-state index in [1.165, 1.54) is 11.3 Å². The quantitative estimate of drug-likeness (QED) is 0.608. The summed E-state index contributed by atoms with van der Waals surface area (Å²) in [6.07, 6.45) is 0. The summed E-state index contributed by atoms with van der Waals surface area (Å²) in [4.78, 5) is 15.5. The lowest BCUT2D eigenvalue weighted by Crippen LogP contribution is -2.28. The first-order valence-corrected chi connectivity index (χ1v) is 9.35. The number of ether oxygens (including phenoxy) is 1. The zero-order valence-corrected chi connectivity index (χ0v) is 15.8. The number of aromatic nitrogens is 1. The molecule has 2 aromatic carbocycles. The summed E-state index contributed by atoms with van der Waals surface area (Å²) < 4.78 is 6.87. The van der Waals surface area contributed by atoms with Gasteiger partial charge in [-0.25, -0.2) is 4.98 Å². The van der Waals surface area contributed by atoms with Gasteiger partial charge in [-0.05, 0) is 23.8 Å². The van der Waals surface area contributed by atoms with Crippen LogP contribution in [0.3, 0.4) is 0 Å². The van der Waals surface area contributed by atoms with Crippen molar-refractivity contribution in [3.63, 3.8) is 0 Å². The van der Waals surface area contributed by atoms with E-state index in [0.29, 0.717) is 23.1 Å². The summed E-state index contributed by atoms with van der Waals surface area (Å²) >= 11 is 4.86. The summed E-state index contributed by atoms with van der Waals surface area (Å²) in [5, 5.41) is 13.5. The molecular weight excluding hydrogens is 402 g/mol. The highest BCUT2D eigenvalue weighted by Gasteiger charge is 2.15. The van der Waals surface area contributed by atoms with Crippen LogP contribution in [0.25, 0.3) is 10.6 Å². The van der Waals surface area contributed by atoms with E-state index >= 15 is 0 Å². The van der Waals surface area contributed by atoms with Gasteiger partial charge in [-0.2, -0.15) is 0 Å². The summed E-state index contributed by atoms with van der Waals surface area (Å²) in [7, 11) is 0. The zero-order chi connectivity index (χ0) is 17.8. The van der Waals surface area contributed by atoms with Crippen LogP contribution in [-0.2, 0) is 11.4 Å². The number of carbonyl (C=O) groups is 1. The third-order valence-corrected chi connectivity index (χ3v) is 5.12. The Bertz CT molecular complexity index is 879. The third-order valence-electron chi connectivity index (χ3n) is 3.73. The Balaban J connectivity index is 1.88. The number of nitrogens with zero attached hydrogens (tertiary/aromatic N) is 1. The van der Waals surface area contributed by atoms with Gasteiger partial charge in [0.1, 0.15) is 17.4 Å². The number of carboxylic acid groups (broad SMARTS) is 1. The lowest BCUT2D eigenvalue weighted by atomic mass is 10.1. The molecule has 0 spiro atoms. The number of benzene rings is 2. The normalized spacial score (nSPS) is 11.9. The van der Waals surface area contributed by atoms with Crippen LogP contribution >= 0.6 is 27.3 Å². The molecule has 0 aliphatic carbocycles. The molecule has 3 aromatic rings. The Morgan fingerprint density at radius 2 is 2.04 bits per heavy atom. The number of halogens is 1. The minimum atomic E-state index is -1.13. The Morgan fingerprint density at radius 1 is 1.28 bits per heavy atom. The largest absolute Gasteiger partial charge is 0.549 e. The molecular formula is C19H15BrNO3S-. The van der Waals surface area contributed by atoms with Crippen LogP contribution in [0.4, 0.5) is 0 Å². The van der Waals surface area contributed by atoms with E-state index in [0.717, 1.165) is 15.6 Å². The second-order valence-corrected chi connectivity index (χ2v) is 7.31. The topological polar surface area (TPSA) is 62.2 Å². The van der Waals surface area contributed by atoms with Crippen LogP contribution in [0.15, 0.2) is 58.4 Å². The maximum atomic E-state index is 11.0. The molecule has 0 fully saturated rings. The van der Waals surface area contributed by atoms with Crippen LogP contribution in [-0.4, -0.2) is 11.0 Å². The van der Waals surface area contributed by atoms with Gasteiger partial charge in [0.25, 0.3) is 0 Å². The van der Waals surface area contributed by atoms with E-state index < -0.39 is 11.9 Å². The molecule has 6 heteroatoms. The predicted octanol–water partition coefficient (Wildman–Crippen LogP) is 4.01. The van der Waals surface area contributed by atoms with Crippen molar-refractivity contribution in [2.75, 3.05) is 0 Å². The molecule has 0 bridgehead atoms. The monoisotopic (exact) mass is 416 g/mol. The van der Waals surface area contributed by atoms with Crippen molar-refractivity contribution in [2.24, 2.45) is 0 Å². The van der Waals surface area contributed by atoms with Crippen LogP contribution < -0.4 is 9.84 Å². The van der Waals surface area contributed by atoms with Crippen molar-refractivity contribution in [2.45, 2.75) is 19.4 Å². The Kier molecular flexibility index (Phi) is 5.50. The lowest BCUT2D eigenvalue weighted by molar-refractivity contribution is -0.307. The summed E-state index contributed by atoms with van der Waals surface area (Å²) in [5.41, 5.74) is 2.39. The smallest absolute Gasteiger partial charge is 0.130 e. The van der Waals surface area contributed by atoms with Gasteiger partial charge in [0, 0.05) is 15.8 Å². The molecule has 1 heterocycles. The second-order valence-electron chi connectivity index (χ2n) is 5.53. The molecule has 0 radical (unpaired) electrons. The lowest BCUT2D eigenvalue weighted by Gasteiger charge is -2.11. The summed E-state index contributed by atoms with van der Waals surface area (Å²) in [6.45, 7) is 2.02. The molecule has 128 valence electrons. The molecule has 1 aromatic heterocycles. The van der Waals surface area contributed by atoms with E-state index in [1.807, 2.05) is 48.5 Å². The van der Waals surface area contributed by atoms with E-state index in [-0.39, 0.29) is 0 Å². The van der Waals surface area contributed by atoms with E-state index in [2.05, 4.69) is 20.9 Å². The van der Waals surface area contributed by atoms with Crippen molar-refractivity contribution < 1.29 is 14.6 Å². The molecule has 0 saturated carbocycles. The van der Waals surface area contributed by atoms with Gasteiger partial charge in [0.15, 0.2) is 0 Å². The standard InChI is InChI=1S/C19H16BrNO3S/c1-12(19(22)23)16-11-25-18(21-16)15-9-14(20)7-8-17(15)24-10-13-5-3-2-4-6-13/h2-9,11-12H,10H2,1H3,(H,22,23)/p-1. The predicted molar refractivity (Wildman–Crippen MR) is 99.4 cm³/mol. The van der Waals surface area contributed by atoms with Gasteiger partial charge < -0.3 is 14.6 Å². The molecule has 0 saturated heterocycles. The van der Waals surface area contributed by atoms with Crippen LogP contribution in [0.2, 0.25) is 0 Å².